The molecule has 8 aromatic carbocycles. The Morgan fingerprint density at radius 2 is 1.18 bits per heavy atom. The van der Waals surface area contributed by atoms with Crippen molar-refractivity contribution in [3.05, 3.63) is 157 Å². The largest absolute Gasteiger partial charge is 0.294 e. The molecule has 9 aromatic rings. The Morgan fingerprint density at radius 1 is 0.520 bits per heavy atom. The van der Waals surface area contributed by atoms with E-state index in [1.165, 1.54) is 16.3 Å². The molecule has 1 aliphatic rings. The van der Waals surface area contributed by atoms with Crippen LogP contribution >= 0.6 is 0 Å². The molecular formula is C45H30N2O2S. The number of hydrogen-bond donors (Lipinski definition) is 0. The van der Waals surface area contributed by atoms with Crippen molar-refractivity contribution in [2.75, 3.05) is 0 Å². The molecule has 1 aromatic heterocycles. The molecule has 0 spiro atoms. The predicted octanol–water partition coefficient (Wildman–Crippen LogP) is 11.2. The van der Waals surface area contributed by atoms with Crippen molar-refractivity contribution in [1.29, 1.82) is 0 Å². The molecule has 10 rings (SSSR count). The molecule has 0 fully saturated rings. The Balaban J connectivity index is 1.33. The number of imidazole rings is 1. The van der Waals surface area contributed by atoms with Gasteiger partial charge in [0, 0.05) is 6.42 Å². The van der Waals surface area contributed by atoms with Crippen molar-refractivity contribution in [3.63, 3.8) is 0 Å². The van der Waals surface area contributed by atoms with Gasteiger partial charge in [-0.15, -0.1) is 0 Å². The first kappa shape index (κ1) is 28.9. The fourth-order valence-corrected chi connectivity index (χ4v) is 9.62. The summed E-state index contributed by atoms with van der Waals surface area (Å²) >= 11 is 0. The number of fused-ring (bicyclic) bond motifs is 5. The van der Waals surface area contributed by atoms with Gasteiger partial charge in [0.05, 0.1) is 26.5 Å². The van der Waals surface area contributed by atoms with Gasteiger partial charge in [-0.25, -0.2) is 13.4 Å². The summed E-state index contributed by atoms with van der Waals surface area (Å²) in [6.07, 6.45) is 0.671. The van der Waals surface area contributed by atoms with E-state index in [0.29, 0.717) is 32.9 Å². The fourth-order valence-electron chi connectivity index (χ4n) is 8.01. The van der Waals surface area contributed by atoms with Crippen LogP contribution in [0.1, 0.15) is 12.7 Å². The van der Waals surface area contributed by atoms with Crippen LogP contribution in [0.3, 0.4) is 0 Å². The molecule has 0 bridgehead atoms. The second-order valence-corrected chi connectivity index (χ2v) is 14.9. The van der Waals surface area contributed by atoms with Crippen molar-refractivity contribution in [2.45, 2.75) is 23.1 Å². The number of benzene rings is 8. The molecule has 0 amide bonds. The Hall–Kier alpha value is -6.04. The predicted molar refractivity (Wildman–Crippen MR) is 205 cm³/mol. The number of nitrogens with zero attached hydrogens (tertiary/aromatic N) is 2. The van der Waals surface area contributed by atoms with Crippen LogP contribution < -0.4 is 0 Å². The average molecular weight is 663 g/mol. The first-order valence-corrected chi connectivity index (χ1v) is 18.4. The van der Waals surface area contributed by atoms with Gasteiger partial charge in [0.2, 0.25) is 9.84 Å². The first-order chi connectivity index (χ1) is 24.5. The van der Waals surface area contributed by atoms with Gasteiger partial charge in [-0.3, -0.25) is 4.57 Å². The van der Waals surface area contributed by atoms with Crippen LogP contribution in [0.4, 0.5) is 0 Å². The third-order valence-electron chi connectivity index (χ3n) is 10.3. The maximum atomic E-state index is 14.1. The Kier molecular flexibility index (Phi) is 6.21. The second-order valence-electron chi connectivity index (χ2n) is 13.0. The molecule has 4 nitrogen and oxygen atoms in total. The van der Waals surface area contributed by atoms with E-state index in [9.17, 15) is 8.42 Å². The normalized spacial score (nSPS) is 13.3. The van der Waals surface area contributed by atoms with E-state index < -0.39 is 9.84 Å². The minimum atomic E-state index is -3.75. The molecule has 0 N–H and O–H groups in total. The van der Waals surface area contributed by atoms with Gasteiger partial charge in [-0.05, 0) is 102 Å². The lowest BCUT2D eigenvalue weighted by molar-refractivity contribution is 0.594. The van der Waals surface area contributed by atoms with E-state index in [1.807, 2.05) is 18.2 Å². The molecule has 0 radical (unpaired) electrons. The lowest BCUT2D eigenvalue weighted by atomic mass is 9.84. The minimum Gasteiger partial charge on any atom is -0.294 e. The third-order valence-corrected chi connectivity index (χ3v) is 12.1. The van der Waals surface area contributed by atoms with Crippen molar-refractivity contribution in [3.8, 4) is 39.1 Å². The number of sulfone groups is 1. The van der Waals surface area contributed by atoms with E-state index in [0.717, 1.165) is 55.2 Å². The summed E-state index contributed by atoms with van der Waals surface area (Å²) in [6.45, 7) is 2.06. The molecular weight excluding hydrogens is 633 g/mol. The summed E-state index contributed by atoms with van der Waals surface area (Å²) in [5.41, 5.74) is 8.64. The van der Waals surface area contributed by atoms with Crippen molar-refractivity contribution in [2.24, 2.45) is 0 Å². The van der Waals surface area contributed by atoms with E-state index in [1.54, 1.807) is 18.2 Å². The van der Waals surface area contributed by atoms with Gasteiger partial charge in [0.15, 0.2) is 0 Å². The van der Waals surface area contributed by atoms with Crippen molar-refractivity contribution < 1.29 is 8.42 Å². The Bertz CT molecular complexity index is 2980. The quantitative estimate of drug-likeness (QED) is 0.176. The van der Waals surface area contributed by atoms with E-state index in [2.05, 4.69) is 127 Å². The lowest BCUT2D eigenvalue weighted by Crippen LogP contribution is -2.16. The van der Waals surface area contributed by atoms with Gasteiger partial charge >= 0.3 is 0 Å². The number of hydrogen-bond acceptors (Lipinski definition) is 3. The van der Waals surface area contributed by atoms with Crippen LogP contribution in [-0.2, 0) is 16.3 Å². The molecule has 0 aliphatic carbocycles. The van der Waals surface area contributed by atoms with Crippen LogP contribution in [0.25, 0.3) is 82.4 Å². The summed E-state index contributed by atoms with van der Waals surface area (Å²) in [6, 6.07) is 52.3. The highest BCUT2D eigenvalue weighted by molar-refractivity contribution is 7.92. The fraction of sp³-hybridized carbons (Fsp3) is 0.0444. The van der Waals surface area contributed by atoms with E-state index >= 15 is 0 Å². The highest BCUT2D eigenvalue weighted by atomic mass is 32.2. The van der Waals surface area contributed by atoms with Gasteiger partial charge in [0.1, 0.15) is 5.82 Å². The van der Waals surface area contributed by atoms with Crippen LogP contribution in [0, 0.1) is 0 Å². The molecule has 0 atom stereocenters. The van der Waals surface area contributed by atoms with Crippen LogP contribution in [0.15, 0.2) is 161 Å². The van der Waals surface area contributed by atoms with Crippen LogP contribution in [-0.4, -0.2) is 18.0 Å². The maximum absolute atomic E-state index is 14.1. The average Bonchev–Trinajstić information content (AvgIpc) is 3.55. The molecule has 5 heteroatoms. The van der Waals surface area contributed by atoms with Gasteiger partial charge in [-0.2, -0.15) is 0 Å². The number of rotatable bonds is 4. The first-order valence-electron chi connectivity index (χ1n) is 16.9. The second kappa shape index (κ2) is 10.7. The lowest BCUT2D eigenvalue weighted by Gasteiger charge is -2.23. The summed E-state index contributed by atoms with van der Waals surface area (Å²) in [7, 11) is -3.75. The van der Waals surface area contributed by atoms with Crippen molar-refractivity contribution in [1.82, 2.24) is 9.55 Å². The Morgan fingerprint density at radius 3 is 1.98 bits per heavy atom. The molecule has 0 saturated heterocycles. The number of para-hydroxylation sites is 1. The Labute approximate surface area is 289 Å². The molecule has 0 unspecified atom stereocenters. The smallest absolute Gasteiger partial charge is 0.210 e. The maximum Gasteiger partial charge on any atom is 0.210 e. The SMILES string of the molecule is CCc1nc2cccc3c2n1-c1cc(-c2c4ccccc4c(-c4ccc5ccccc5c4)c4ccc(-c5ccccc5)cc24)ccc1S3(=O)=O. The zero-order valence-corrected chi connectivity index (χ0v) is 28.1. The molecule has 2 heterocycles. The molecule has 0 saturated carbocycles. The summed E-state index contributed by atoms with van der Waals surface area (Å²) in [4.78, 5) is 5.50. The summed E-state index contributed by atoms with van der Waals surface area (Å²) < 4.78 is 30.3. The topological polar surface area (TPSA) is 52.0 Å². The van der Waals surface area contributed by atoms with Crippen LogP contribution in [0.5, 0.6) is 0 Å². The third kappa shape index (κ3) is 4.10. The number of aryl methyl sites for hydroxylation is 1. The van der Waals surface area contributed by atoms with E-state index in [4.69, 9.17) is 4.98 Å². The zero-order valence-electron chi connectivity index (χ0n) is 27.3. The molecule has 238 valence electrons. The standard InChI is InChI=1S/C45H30N2O2S/c1-2-42-46-38-17-10-18-41-45(38)47(42)39-27-33(22-24-40(39)50(41,48)49)44-35-16-9-8-15-34(35)43(32-20-19-29-13-6-7-14-30(29)25-32)36-23-21-31(26-37(36)44)28-11-4-3-5-12-28/h3-27H,2H2,1H3. The number of aromatic nitrogens is 2. The highest BCUT2D eigenvalue weighted by Gasteiger charge is 2.33. The molecule has 1 aliphatic heterocycles. The van der Waals surface area contributed by atoms with Crippen LogP contribution in [0.2, 0.25) is 0 Å². The van der Waals surface area contributed by atoms with Gasteiger partial charge in [-0.1, -0.05) is 122 Å². The zero-order chi connectivity index (χ0) is 33.6. The monoisotopic (exact) mass is 662 g/mol. The highest BCUT2D eigenvalue weighted by Crippen LogP contribution is 2.47. The molecule has 50 heavy (non-hydrogen) atoms. The van der Waals surface area contributed by atoms with Crippen molar-refractivity contribution >= 4 is 53.2 Å². The van der Waals surface area contributed by atoms with Gasteiger partial charge < -0.3 is 0 Å². The summed E-state index contributed by atoms with van der Waals surface area (Å²) in [5, 5.41) is 6.91. The van der Waals surface area contributed by atoms with E-state index in [-0.39, 0.29) is 0 Å². The van der Waals surface area contributed by atoms with Gasteiger partial charge in [0.25, 0.3) is 0 Å². The summed E-state index contributed by atoms with van der Waals surface area (Å²) in [5.74, 6) is 0.841. The minimum absolute atomic E-state index is 0.306.